The van der Waals surface area contributed by atoms with Crippen molar-refractivity contribution in [3.63, 3.8) is 0 Å². The number of benzene rings is 2. The summed E-state index contributed by atoms with van der Waals surface area (Å²) in [6, 6.07) is 14.6. The molecule has 166 valence electrons. The molecule has 0 spiro atoms. The Kier molecular flexibility index (Phi) is 5.12. The van der Waals surface area contributed by atoms with Crippen molar-refractivity contribution in [1.82, 2.24) is 9.80 Å². The first-order valence-corrected chi connectivity index (χ1v) is 11.5. The Bertz CT molecular complexity index is 1070. The Morgan fingerprint density at radius 2 is 1.91 bits per heavy atom. The van der Waals surface area contributed by atoms with E-state index >= 15 is 0 Å². The molecule has 6 heteroatoms. The maximum Gasteiger partial charge on any atom is 0.151 e. The van der Waals surface area contributed by atoms with E-state index in [1.165, 1.54) is 16.7 Å². The van der Waals surface area contributed by atoms with Gasteiger partial charge in [-0.25, -0.2) is 0 Å². The molecule has 3 heterocycles. The van der Waals surface area contributed by atoms with Crippen LogP contribution in [0.3, 0.4) is 0 Å². The Hall–Kier alpha value is -2.83. The third-order valence-electron chi connectivity index (χ3n) is 7.13. The van der Waals surface area contributed by atoms with Gasteiger partial charge < -0.3 is 14.3 Å². The molecule has 0 unspecified atom stereocenters. The van der Waals surface area contributed by atoms with E-state index in [-0.39, 0.29) is 12.0 Å². The molecule has 0 amide bonds. The van der Waals surface area contributed by atoms with E-state index in [9.17, 15) is 0 Å². The number of nitrogens with zero attached hydrogens (tertiary/aromatic N) is 3. The van der Waals surface area contributed by atoms with Gasteiger partial charge in [-0.1, -0.05) is 41.1 Å². The fraction of sp³-hybridized carbons (Fsp3) is 0.423. The topological polar surface area (TPSA) is 46.5 Å². The van der Waals surface area contributed by atoms with Gasteiger partial charge in [-0.2, -0.15) is 0 Å². The molecule has 0 radical (unpaired) electrons. The highest BCUT2D eigenvalue weighted by atomic mass is 16.6. The highest BCUT2D eigenvalue weighted by molar-refractivity contribution is 6.06. The van der Waals surface area contributed by atoms with Crippen LogP contribution in [0.2, 0.25) is 0 Å². The molecule has 6 nitrogen and oxygen atoms in total. The van der Waals surface area contributed by atoms with Gasteiger partial charge in [0.15, 0.2) is 6.10 Å². The molecular weight excluding hydrogens is 402 g/mol. The largest absolute Gasteiger partial charge is 0.497 e. The van der Waals surface area contributed by atoms with E-state index in [0.717, 1.165) is 68.5 Å². The molecule has 1 aliphatic carbocycles. The van der Waals surface area contributed by atoms with Crippen molar-refractivity contribution < 1.29 is 14.3 Å². The lowest BCUT2D eigenvalue weighted by molar-refractivity contribution is 0.0101. The molecule has 4 aliphatic rings. The molecular formula is C26H29N3O3. The molecule has 1 fully saturated rings. The van der Waals surface area contributed by atoms with Crippen LogP contribution in [0, 0.1) is 5.92 Å². The summed E-state index contributed by atoms with van der Waals surface area (Å²) in [7, 11) is 1.68. The predicted molar refractivity (Wildman–Crippen MR) is 124 cm³/mol. The summed E-state index contributed by atoms with van der Waals surface area (Å²) in [6.45, 7) is 6.90. The summed E-state index contributed by atoms with van der Waals surface area (Å²) in [5, 5.41) is 4.46. The molecule has 2 atom stereocenters. The molecule has 3 aliphatic heterocycles. The van der Waals surface area contributed by atoms with Gasteiger partial charge in [0.25, 0.3) is 0 Å². The lowest BCUT2D eigenvalue weighted by Gasteiger charge is -2.36. The first-order chi connectivity index (χ1) is 15.8. The van der Waals surface area contributed by atoms with Crippen molar-refractivity contribution in [2.24, 2.45) is 11.1 Å². The summed E-state index contributed by atoms with van der Waals surface area (Å²) in [5.41, 5.74) is 6.39. The highest BCUT2D eigenvalue weighted by Gasteiger charge is 2.41. The number of piperazine rings is 1. The first kappa shape index (κ1) is 19.8. The number of fused-ring (bicyclic) bond motifs is 4. The SMILES string of the molecule is COc1ccc2c(c1)C1=NO[C@@H](CN3CCN(CC4=Cc5ccccc5C4)CC3)[C@@H]1CO2. The van der Waals surface area contributed by atoms with Gasteiger partial charge in [0, 0.05) is 44.8 Å². The van der Waals surface area contributed by atoms with Crippen LogP contribution in [0.5, 0.6) is 11.5 Å². The summed E-state index contributed by atoms with van der Waals surface area (Å²) in [4.78, 5) is 11.0. The minimum absolute atomic E-state index is 0.0444. The molecule has 0 aromatic heterocycles. The van der Waals surface area contributed by atoms with E-state index < -0.39 is 0 Å². The Morgan fingerprint density at radius 1 is 1.06 bits per heavy atom. The van der Waals surface area contributed by atoms with Crippen molar-refractivity contribution in [3.8, 4) is 11.5 Å². The third-order valence-corrected chi connectivity index (χ3v) is 7.13. The van der Waals surface area contributed by atoms with Crippen molar-refractivity contribution >= 4 is 11.8 Å². The van der Waals surface area contributed by atoms with E-state index in [1.807, 2.05) is 18.2 Å². The highest BCUT2D eigenvalue weighted by Crippen LogP contribution is 2.36. The van der Waals surface area contributed by atoms with E-state index in [4.69, 9.17) is 14.3 Å². The van der Waals surface area contributed by atoms with Crippen molar-refractivity contribution in [1.29, 1.82) is 0 Å². The van der Waals surface area contributed by atoms with Crippen molar-refractivity contribution in [3.05, 3.63) is 64.7 Å². The molecule has 2 aromatic rings. The number of oxime groups is 1. The average Bonchev–Trinajstić information content (AvgIpc) is 3.43. The third kappa shape index (κ3) is 3.67. The second-order valence-electron chi connectivity index (χ2n) is 9.15. The summed E-state index contributed by atoms with van der Waals surface area (Å²) in [6.07, 6.45) is 3.52. The Balaban J connectivity index is 1.03. The molecule has 1 saturated heterocycles. The standard InChI is InChI=1S/C26H29N3O3/c1-30-21-6-7-24-22(14-21)26-23(17-31-24)25(32-27-26)16-29-10-8-28(9-11-29)15-18-12-19-4-2-3-5-20(19)13-18/h2-7,12,14,23,25H,8-11,13,15-17H2,1H3/t23-,25-/m0/s1. The normalized spacial score (nSPS) is 24.5. The summed E-state index contributed by atoms with van der Waals surface area (Å²) < 4.78 is 11.4. The van der Waals surface area contributed by atoms with Crippen LogP contribution >= 0.6 is 0 Å². The van der Waals surface area contributed by atoms with Gasteiger partial charge in [-0.3, -0.25) is 9.80 Å². The minimum Gasteiger partial charge on any atom is -0.497 e. The maximum absolute atomic E-state index is 6.03. The fourth-order valence-electron chi connectivity index (χ4n) is 5.30. The smallest absolute Gasteiger partial charge is 0.151 e. The molecule has 32 heavy (non-hydrogen) atoms. The molecule has 0 N–H and O–H groups in total. The van der Waals surface area contributed by atoms with E-state index in [0.29, 0.717) is 6.61 Å². The molecule has 6 rings (SSSR count). The lowest BCUT2D eigenvalue weighted by Crippen LogP contribution is -2.50. The molecule has 2 aromatic carbocycles. The maximum atomic E-state index is 6.03. The monoisotopic (exact) mass is 431 g/mol. The first-order valence-electron chi connectivity index (χ1n) is 11.5. The molecule has 0 bridgehead atoms. The van der Waals surface area contributed by atoms with Crippen molar-refractivity contribution in [2.45, 2.75) is 12.5 Å². The van der Waals surface area contributed by atoms with Crippen LogP contribution in [-0.4, -0.2) is 74.6 Å². The predicted octanol–water partition coefficient (Wildman–Crippen LogP) is 3.06. The number of rotatable bonds is 5. The summed E-state index contributed by atoms with van der Waals surface area (Å²) in [5.74, 6) is 1.85. The Morgan fingerprint density at radius 3 is 2.75 bits per heavy atom. The number of ether oxygens (including phenoxy) is 2. The van der Waals surface area contributed by atoms with Gasteiger partial charge in [0.1, 0.15) is 23.8 Å². The molecule has 0 saturated carbocycles. The fourth-order valence-corrected chi connectivity index (χ4v) is 5.30. The zero-order chi connectivity index (χ0) is 21.5. The van der Waals surface area contributed by atoms with Crippen LogP contribution < -0.4 is 9.47 Å². The number of hydrogen-bond acceptors (Lipinski definition) is 6. The van der Waals surface area contributed by atoms with Gasteiger partial charge >= 0.3 is 0 Å². The second-order valence-corrected chi connectivity index (χ2v) is 9.15. The number of hydrogen-bond donors (Lipinski definition) is 0. The Labute approximate surface area is 189 Å². The van der Waals surface area contributed by atoms with Gasteiger partial charge in [-0.05, 0) is 35.7 Å². The number of methoxy groups -OCH3 is 1. The summed E-state index contributed by atoms with van der Waals surface area (Å²) >= 11 is 0. The zero-order valence-corrected chi connectivity index (χ0v) is 18.5. The zero-order valence-electron chi connectivity index (χ0n) is 18.5. The van der Waals surface area contributed by atoms with E-state index in [1.54, 1.807) is 7.11 Å². The van der Waals surface area contributed by atoms with Crippen molar-refractivity contribution in [2.75, 3.05) is 53.0 Å². The van der Waals surface area contributed by atoms with Crippen LogP contribution in [0.1, 0.15) is 16.7 Å². The van der Waals surface area contributed by atoms with E-state index in [2.05, 4.69) is 45.3 Å². The minimum atomic E-state index is 0.0444. The van der Waals surface area contributed by atoms with Crippen LogP contribution in [0.25, 0.3) is 6.08 Å². The quantitative estimate of drug-likeness (QED) is 0.728. The average molecular weight is 432 g/mol. The van der Waals surface area contributed by atoms with Gasteiger partial charge in [0.05, 0.1) is 13.0 Å². The van der Waals surface area contributed by atoms with Gasteiger partial charge in [0.2, 0.25) is 0 Å². The van der Waals surface area contributed by atoms with Crippen LogP contribution in [-0.2, 0) is 11.3 Å². The lowest BCUT2D eigenvalue weighted by atomic mass is 9.90. The second kappa shape index (κ2) is 8.26. The van der Waals surface area contributed by atoms with Crippen LogP contribution in [0.4, 0.5) is 0 Å². The van der Waals surface area contributed by atoms with Crippen LogP contribution in [0.15, 0.2) is 53.2 Å². The van der Waals surface area contributed by atoms with Gasteiger partial charge in [-0.15, -0.1) is 0 Å².